The summed E-state index contributed by atoms with van der Waals surface area (Å²) in [5.74, 6) is 2.08. The monoisotopic (exact) mass is 372 g/mol. The lowest BCUT2D eigenvalue weighted by atomic mass is 10.1. The number of ether oxygens (including phenoxy) is 3. The minimum atomic E-state index is -0.140. The number of ketones is 1. The van der Waals surface area contributed by atoms with Crippen molar-refractivity contribution in [1.29, 1.82) is 0 Å². The minimum Gasteiger partial charge on any atom is -0.496 e. The highest BCUT2D eigenvalue weighted by atomic mass is 16.5. The van der Waals surface area contributed by atoms with Gasteiger partial charge in [0, 0.05) is 11.1 Å². The molecule has 3 aromatic carbocycles. The standard InChI is InChI=1S/C24H20O4/c1-16-20(27-15-17-8-4-3-5-9-17)13-12-19-23(25)22(28-24(16)19)14-18-10-6-7-11-21(18)26-2/h3-14H,15H2,1-2H3/b22-14-. The quantitative estimate of drug-likeness (QED) is 0.578. The highest BCUT2D eigenvalue weighted by molar-refractivity contribution is 6.15. The summed E-state index contributed by atoms with van der Waals surface area (Å²) in [6, 6.07) is 21.0. The lowest BCUT2D eigenvalue weighted by molar-refractivity contribution is 0.101. The van der Waals surface area contributed by atoms with Crippen LogP contribution in [-0.4, -0.2) is 12.9 Å². The van der Waals surface area contributed by atoms with Crippen LogP contribution in [0.4, 0.5) is 0 Å². The fourth-order valence-corrected chi connectivity index (χ4v) is 3.19. The summed E-state index contributed by atoms with van der Waals surface area (Å²) in [6.07, 6.45) is 1.71. The molecule has 0 radical (unpaired) electrons. The van der Waals surface area contributed by atoms with Gasteiger partial charge in [-0.1, -0.05) is 48.5 Å². The Morgan fingerprint density at radius 1 is 0.929 bits per heavy atom. The maximum Gasteiger partial charge on any atom is 0.231 e. The Morgan fingerprint density at radius 2 is 1.68 bits per heavy atom. The third-order valence-electron chi connectivity index (χ3n) is 4.70. The summed E-state index contributed by atoms with van der Waals surface area (Å²) in [5.41, 5.74) is 3.23. The van der Waals surface area contributed by atoms with E-state index in [4.69, 9.17) is 14.2 Å². The summed E-state index contributed by atoms with van der Waals surface area (Å²) in [4.78, 5) is 12.8. The molecule has 0 atom stereocenters. The van der Waals surface area contributed by atoms with E-state index in [2.05, 4.69) is 0 Å². The topological polar surface area (TPSA) is 44.8 Å². The number of rotatable bonds is 5. The number of methoxy groups -OCH3 is 1. The summed E-state index contributed by atoms with van der Waals surface area (Å²) in [7, 11) is 1.60. The first-order valence-electron chi connectivity index (χ1n) is 9.05. The molecule has 0 N–H and O–H groups in total. The molecule has 4 nitrogen and oxygen atoms in total. The first-order valence-corrected chi connectivity index (χ1v) is 9.05. The third-order valence-corrected chi connectivity index (χ3v) is 4.70. The molecule has 0 bridgehead atoms. The molecule has 1 aliphatic rings. The molecule has 1 heterocycles. The van der Waals surface area contributed by atoms with Crippen molar-refractivity contribution in [3.8, 4) is 17.2 Å². The molecule has 0 spiro atoms. The molecule has 0 saturated heterocycles. The first-order chi connectivity index (χ1) is 13.7. The number of benzene rings is 3. The van der Waals surface area contributed by atoms with Gasteiger partial charge in [-0.3, -0.25) is 4.79 Å². The van der Waals surface area contributed by atoms with E-state index < -0.39 is 0 Å². The molecule has 4 rings (SSSR count). The SMILES string of the molecule is COc1ccccc1/C=C1\Oc2c(ccc(OCc3ccccc3)c2C)C1=O. The molecule has 1 aliphatic heterocycles. The molecule has 140 valence electrons. The van der Waals surface area contributed by atoms with E-state index in [0.717, 1.165) is 16.7 Å². The van der Waals surface area contributed by atoms with Crippen molar-refractivity contribution < 1.29 is 19.0 Å². The number of hydrogen-bond acceptors (Lipinski definition) is 4. The number of Topliss-reactive ketones (excluding diaryl/α,β-unsaturated/α-hetero) is 1. The Hall–Kier alpha value is -3.53. The number of hydrogen-bond donors (Lipinski definition) is 0. The van der Waals surface area contributed by atoms with E-state index in [0.29, 0.717) is 29.4 Å². The van der Waals surface area contributed by atoms with Crippen LogP contribution >= 0.6 is 0 Å². The van der Waals surface area contributed by atoms with Crippen molar-refractivity contribution in [3.63, 3.8) is 0 Å². The van der Waals surface area contributed by atoms with Gasteiger partial charge in [-0.25, -0.2) is 0 Å². The molecule has 0 amide bonds. The van der Waals surface area contributed by atoms with Gasteiger partial charge in [0.05, 0.1) is 12.7 Å². The summed E-state index contributed by atoms with van der Waals surface area (Å²) < 4.78 is 17.2. The zero-order valence-electron chi connectivity index (χ0n) is 15.8. The van der Waals surface area contributed by atoms with Crippen molar-refractivity contribution in [2.24, 2.45) is 0 Å². The van der Waals surface area contributed by atoms with Gasteiger partial charge in [0.15, 0.2) is 5.76 Å². The van der Waals surface area contributed by atoms with Gasteiger partial charge in [-0.2, -0.15) is 0 Å². The van der Waals surface area contributed by atoms with E-state index in [1.54, 1.807) is 19.3 Å². The normalized spacial score (nSPS) is 13.9. The number of carbonyl (C=O) groups is 1. The van der Waals surface area contributed by atoms with Crippen LogP contribution in [0.25, 0.3) is 6.08 Å². The van der Waals surface area contributed by atoms with Crippen molar-refractivity contribution in [3.05, 3.63) is 94.7 Å². The highest BCUT2D eigenvalue weighted by Crippen LogP contribution is 2.39. The van der Waals surface area contributed by atoms with E-state index in [-0.39, 0.29) is 11.5 Å². The van der Waals surface area contributed by atoms with Gasteiger partial charge >= 0.3 is 0 Å². The van der Waals surface area contributed by atoms with Gasteiger partial charge < -0.3 is 14.2 Å². The van der Waals surface area contributed by atoms with Crippen molar-refractivity contribution >= 4 is 11.9 Å². The largest absolute Gasteiger partial charge is 0.496 e. The fourth-order valence-electron chi connectivity index (χ4n) is 3.19. The third kappa shape index (κ3) is 3.37. The zero-order valence-corrected chi connectivity index (χ0v) is 15.8. The number of para-hydroxylation sites is 1. The summed E-state index contributed by atoms with van der Waals surface area (Å²) in [5, 5.41) is 0. The number of fused-ring (bicyclic) bond motifs is 1. The van der Waals surface area contributed by atoms with Crippen molar-refractivity contribution in [1.82, 2.24) is 0 Å². The highest BCUT2D eigenvalue weighted by Gasteiger charge is 2.30. The molecule has 4 heteroatoms. The predicted octanol–water partition coefficient (Wildman–Crippen LogP) is 5.20. The minimum absolute atomic E-state index is 0.140. The lowest BCUT2D eigenvalue weighted by Gasteiger charge is -2.11. The van der Waals surface area contributed by atoms with Crippen molar-refractivity contribution in [2.45, 2.75) is 13.5 Å². The maximum atomic E-state index is 12.8. The molecular formula is C24H20O4. The number of allylic oxidation sites excluding steroid dienone is 1. The van der Waals surface area contributed by atoms with Crippen LogP contribution < -0.4 is 14.2 Å². The molecule has 0 aliphatic carbocycles. The van der Waals surface area contributed by atoms with Crippen LogP contribution in [0.1, 0.15) is 27.0 Å². The van der Waals surface area contributed by atoms with Crippen LogP contribution in [0.3, 0.4) is 0 Å². The lowest BCUT2D eigenvalue weighted by Crippen LogP contribution is -1.98. The Labute approximate surface area is 164 Å². The first kappa shape index (κ1) is 17.9. The van der Waals surface area contributed by atoms with Crippen LogP contribution in [-0.2, 0) is 6.61 Å². The Balaban J connectivity index is 1.60. The van der Waals surface area contributed by atoms with Gasteiger partial charge in [0.1, 0.15) is 23.9 Å². The summed E-state index contributed by atoms with van der Waals surface area (Å²) in [6.45, 7) is 2.36. The van der Waals surface area contributed by atoms with Crippen LogP contribution in [0.15, 0.2) is 72.5 Å². The number of carbonyl (C=O) groups excluding carboxylic acids is 1. The van der Waals surface area contributed by atoms with Crippen LogP contribution in [0, 0.1) is 6.92 Å². The molecule has 0 fully saturated rings. The summed E-state index contributed by atoms with van der Waals surface area (Å²) >= 11 is 0. The smallest absolute Gasteiger partial charge is 0.231 e. The second-order valence-electron chi connectivity index (χ2n) is 6.52. The van der Waals surface area contributed by atoms with E-state index >= 15 is 0 Å². The van der Waals surface area contributed by atoms with Crippen LogP contribution in [0.2, 0.25) is 0 Å². The Bertz CT molecular complexity index is 1050. The van der Waals surface area contributed by atoms with Gasteiger partial charge in [0.25, 0.3) is 0 Å². The molecule has 0 unspecified atom stereocenters. The maximum absolute atomic E-state index is 12.8. The predicted molar refractivity (Wildman–Crippen MR) is 108 cm³/mol. The van der Waals surface area contributed by atoms with E-state index in [1.165, 1.54) is 0 Å². The van der Waals surface area contributed by atoms with Gasteiger partial charge in [-0.15, -0.1) is 0 Å². The van der Waals surface area contributed by atoms with Gasteiger partial charge in [-0.05, 0) is 36.8 Å². The second-order valence-corrected chi connectivity index (χ2v) is 6.52. The Morgan fingerprint density at radius 3 is 2.46 bits per heavy atom. The molecule has 3 aromatic rings. The van der Waals surface area contributed by atoms with Gasteiger partial charge in [0.2, 0.25) is 5.78 Å². The second kappa shape index (κ2) is 7.61. The molecular weight excluding hydrogens is 352 g/mol. The fraction of sp³-hybridized carbons (Fsp3) is 0.125. The molecule has 28 heavy (non-hydrogen) atoms. The van der Waals surface area contributed by atoms with E-state index in [9.17, 15) is 4.79 Å². The average molecular weight is 372 g/mol. The van der Waals surface area contributed by atoms with Crippen LogP contribution in [0.5, 0.6) is 17.2 Å². The van der Waals surface area contributed by atoms with Crippen molar-refractivity contribution in [2.75, 3.05) is 7.11 Å². The molecule has 0 saturated carbocycles. The Kier molecular flexibility index (Phi) is 4.85. The van der Waals surface area contributed by atoms with E-state index in [1.807, 2.05) is 67.6 Å². The molecule has 0 aromatic heterocycles. The zero-order chi connectivity index (χ0) is 19.5. The average Bonchev–Trinajstić information content (AvgIpc) is 3.05.